The highest BCUT2D eigenvalue weighted by Gasteiger charge is 2.60. The minimum absolute atomic E-state index is 0.00569. The summed E-state index contributed by atoms with van der Waals surface area (Å²) < 4.78 is 50.7. The van der Waals surface area contributed by atoms with E-state index in [1.807, 2.05) is 0 Å². The van der Waals surface area contributed by atoms with Crippen molar-refractivity contribution >= 4 is 17.0 Å². The molecule has 0 amide bonds. The van der Waals surface area contributed by atoms with Crippen molar-refractivity contribution in [1.29, 1.82) is 0 Å². The van der Waals surface area contributed by atoms with Gasteiger partial charge in [-0.2, -0.15) is 17.6 Å². The van der Waals surface area contributed by atoms with Crippen LogP contribution in [-0.4, -0.2) is 27.8 Å². The summed E-state index contributed by atoms with van der Waals surface area (Å²) >= 11 is 1.15. The highest BCUT2D eigenvalue weighted by Crippen LogP contribution is 2.40. The molecule has 4 nitrogen and oxygen atoms in total. The first-order valence-electron chi connectivity index (χ1n) is 6.05. The predicted molar refractivity (Wildman–Crippen MR) is 70.8 cm³/mol. The van der Waals surface area contributed by atoms with E-state index in [4.69, 9.17) is 0 Å². The van der Waals surface area contributed by atoms with Crippen LogP contribution < -0.4 is 0 Å². The molecule has 3 heterocycles. The summed E-state index contributed by atoms with van der Waals surface area (Å²) in [5, 5.41) is 12.7. The van der Waals surface area contributed by atoms with Crippen LogP contribution in [0.15, 0.2) is 35.6 Å². The van der Waals surface area contributed by atoms with E-state index in [1.54, 1.807) is 12.1 Å². The molecule has 0 radical (unpaired) electrons. The second-order valence-corrected chi connectivity index (χ2v) is 5.71. The molecule has 0 bridgehead atoms. The highest BCUT2D eigenvalue weighted by atomic mass is 32.1. The largest absolute Gasteiger partial charge is 0.458 e. The average Bonchev–Trinajstić information content (AvgIpc) is 3.06. The Labute approximate surface area is 125 Å². The van der Waals surface area contributed by atoms with Crippen molar-refractivity contribution in [1.82, 2.24) is 4.98 Å². The molecule has 22 heavy (non-hydrogen) atoms. The molecule has 1 atom stereocenters. The van der Waals surface area contributed by atoms with Gasteiger partial charge < -0.3 is 9.94 Å². The van der Waals surface area contributed by atoms with Crippen LogP contribution in [0.3, 0.4) is 0 Å². The van der Waals surface area contributed by atoms with Crippen molar-refractivity contribution in [2.45, 2.75) is 18.4 Å². The van der Waals surface area contributed by atoms with E-state index in [0.717, 1.165) is 11.3 Å². The monoisotopic (exact) mass is 332 g/mol. The topological polar surface area (TPSA) is 54.7 Å². The molecule has 1 aliphatic heterocycles. The van der Waals surface area contributed by atoms with Crippen molar-refractivity contribution in [2.75, 3.05) is 0 Å². The summed E-state index contributed by atoms with van der Waals surface area (Å²) in [4.78, 5) is 8.80. The fraction of sp³-hybridized carbons (Fsp3) is 0.231. The second kappa shape index (κ2) is 5.03. The van der Waals surface area contributed by atoms with Crippen molar-refractivity contribution in [2.24, 2.45) is 5.16 Å². The zero-order chi connectivity index (χ0) is 16.0. The molecule has 0 fully saturated rings. The van der Waals surface area contributed by atoms with Gasteiger partial charge in [0.25, 0.3) is 0 Å². The molecule has 1 N–H and O–H groups in total. The van der Waals surface area contributed by atoms with E-state index in [-0.39, 0.29) is 5.71 Å². The maximum absolute atomic E-state index is 12.8. The molecule has 116 valence electrons. The zero-order valence-corrected chi connectivity index (χ0v) is 11.6. The Morgan fingerprint density at radius 3 is 2.50 bits per heavy atom. The number of halogens is 4. The second-order valence-electron chi connectivity index (χ2n) is 4.62. The Balaban J connectivity index is 1.82. The summed E-state index contributed by atoms with van der Waals surface area (Å²) in [6.07, 6.45) is -4.39. The first kappa shape index (κ1) is 14.9. The van der Waals surface area contributed by atoms with E-state index >= 15 is 0 Å². The van der Waals surface area contributed by atoms with Crippen LogP contribution >= 0.6 is 11.3 Å². The van der Waals surface area contributed by atoms with Gasteiger partial charge in [-0.25, -0.2) is 4.98 Å². The third-order valence-electron chi connectivity index (χ3n) is 3.06. The first-order valence-corrected chi connectivity index (χ1v) is 6.86. The number of aromatic nitrogens is 1. The van der Waals surface area contributed by atoms with E-state index in [2.05, 4.69) is 15.0 Å². The van der Waals surface area contributed by atoms with Crippen molar-refractivity contribution in [3.63, 3.8) is 0 Å². The Morgan fingerprint density at radius 1 is 1.18 bits per heavy atom. The average molecular weight is 332 g/mol. The lowest BCUT2D eigenvalue weighted by atomic mass is 10.1. The smallest absolute Gasteiger partial charge is 0.350 e. The Hall–Kier alpha value is -2.00. The van der Waals surface area contributed by atoms with Gasteiger partial charge in [-0.15, -0.1) is 11.3 Å². The minimum atomic E-state index is -4.93. The summed E-state index contributed by atoms with van der Waals surface area (Å²) in [6, 6.07) is 5.92. The third kappa shape index (κ3) is 2.57. The fourth-order valence-corrected chi connectivity index (χ4v) is 2.85. The molecule has 0 aliphatic carbocycles. The van der Waals surface area contributed by atoms with Crippen molar-refractivity contribution in [3.05, 3.63) is 41.3 Å². The highest BCUT2D eigenvalue weighted by molar-refractivity contribution is 7.17. The van der Waals surface area contributed by atoms with Crippen LogP contribution in [0.1, 0.15) is 11.3 Å². The molecular weight excluding hydrogens is 324 g/mol. The molecule has 0 spiro atoms. The molecule has 9 heteroatoms. The number of nitrogens with zero attached hydrogens (tertiary/aromatic N) is 2. The van der Waals surface area contributed by atoms with Gasteiger partial charge in [-0.1, -0.05) is 5.16 Å². The normalized spacial score (nSPS) is 21.6. The molecule has 0 saturated heterocycles. The first-order chi connectivity index (χ1) is 10.3. The summed E-state index contributed by atoms with van der Waals surface area (Å²) in [7, 11) is 0. The van der Waals surface area contributed by atoms with Gasteiger partial charge in [0.2, 0.25) is 5.95 Å². The number of alkyl halides is 3. The molecule has 3 rings (SSSR count). The molecule has 1 aliphatic rings. The lowest BCUT2D eigenvalue weighted by Crippen LogP contribution is -2.45. The quantitative estimate of drug-likeness (QED) is 0.678. The van der Waals surface area contributed by atoms with E-state index < -0.39 is 24.3 Å². The SMILES string of the molecule is OC1(C(F)(F)F)CC(c2ccc(-c3ccc(F)nc3)s2)=NO1. The Bertz CT molecular complexity index is 726. The van der Waals surface area contributed by atoms with Crippen LogP contribution in [0.25, 0.3) is 10.4 Å². The molecule has 1 unspecified atom stereocenters. The van der Waals surface area contributed by atoms with Gasteiger partial charge in [0.05, 0.1) is 11.3 Å². The standard InChI is InChI=1S/C13H8F4N2O2S/c14-11-4-1-7(6-18-11)9-2-3-10(22-9)8-5-12(20,21-19-8)13(15,16)17/h1-4,6,20H,5H2. The molecule has 2 aromatic heterocycles. The maximum Gasteiger partial charge on any atom is 0.458 e. The molecule has 0 aromatic carbocycles. The van der Waals surface area contributed by atoms with E-state index in [0.29, 0.717) is 15.3 Å². The van der Waals surface area contributed by atoms with E-state index in [1.165, 1.54) is 18.3 Å². The predicted octanol–water partition coefficient (Wildman–Crippen LogP) is 3.32. The van der Waals surface area contributed by atoms with Crippen molar-refractivity contribution < 1.29 is 27.5 Å². The number of rotatable bonds is 2. The third-order valence-corrected chi connectivity index (χ3v) is 4.24. The number of hydrogen-bond acceptors (Lipinski definition) is 5. The molecule has 0 saturated carbocycles. The van der Waals surface area contributed by atoms with Crippen molar-refractivity contribution in [3.8, 4) is 10.4 Å². The van der Waals surface area contributed by atoms with Gasteiger partial charge in [0.15, 0.2) is 0 Å². The lowest BCUT2D eigenvalue weighted by molar-refractivity contribution is -0.355. The van der Waals surface area contributed by atoms with Gasteiger partial charge in [0, 0.05) is 16.6 Å². The number of oxime groups is 1. The zero-order valence-electron chi connectivity index (χ0n) is 10.8. The molecular formula is C13H8F4N2O2S. The van der Waals surface area contributed by atoms with Gasteiger partial charge in [-0.05, 0) is 24.3 Å². The van der Waals surface area contributed by atoms with Crippen LogP contribution in [0, 0.1) is 5.95 Å². The summed E-state index contributed by atoms with van der Waals surface area (Å²) in [5.74, 6) is -3.91. The van der Waals surface area contributed by atoms with Crippen LogP contribution in [0.2, 0.25) is 0 Å². The number of thiophene rings is 1. The Kier molecular flexibility index (Phi) is 3.41. The number of aliphatic hydroxyl groups is 1. The van der Waals surface area contributed by atoms with Gasteiger partial charge in [0.1, 0.15) is 5.71 Å². The maximum atomic E-state index is 12.8. The summed E-state index contributed by atoms with van der Waals surface area (Å²) in [6.45, 7) is 0. The van der Waals surface area contributed by atoms with Crippen LogP contribution in [-0.2, 0) is 4.84 Å². The number of pyridine rings is 1. The number of hydrogen-bond donors (Lipinski definition) is 1. The Morgan fingerprint density at radius 2 is 1.91 bits per heavy atom. The van der Waals surface area contributed by atoms with E-state index in [9.17, 15) is 22.7 Å². The lowest BCUT2D eigenvalue weighted by Gasteiger charge is -2.22. The summed E-state index contributed by atoms with van der Waals surface area (Å²) in [5.41, 5.74) is 0.634. The van der Waals surface area contributed by atoms with Crippen LogP contribution in [0.4, 0.5) is 17.6 Å². The van der Waals surface area contributed by atoms with Crippen LogP contribution in [0.5, 0.6) is 0 Å². The molecule has 2 aromatic rings. The minimum Gasteiger partial charge on any atom is -0.350 e. The van der Waals surface area contributed by atoms with Gasteiger partial charge >= 0.3 is 12.0 Å². The van der Waals surface area contributed by atoms with Gasteiger partial charge in [-0.3, -0.25) is 0 Å². The fourth-order valence-electron chi connectivity index (χ4n) is 1.88.